The SMILES string of the molecule is CCC(NCc1c(C)nn(C)c1C)c1ccc(Cl)cc1Cl. The van der Waals surface area contributed by atoms with E-state index in [9.17, 15) is 0 Å². The summed E-state index contributed by atoms with van der Waals surface area (Å²) in [5.41, 5.74) is 4.60. The van der Waals surface area contributed by atoms with Crippen molar-refractivity contribution in [1.29, 1.82) is 0 Å². The highest BCUT2D eigenvalue weighted by atomic mass is 35.5. The number of nitrogens with one attached hydrogen (secondary N) is 1. The Morgan fingerprint density at radius 3 is 2.52 bits per heavy atom. The first-order valence-corrected chi connectivity index (χ1v) is 7.87. The van der Waals surface area contributed by atoms with Gasteiger partial charge in [-0.2, -0.15) is 5.10 Å². The Morgan fingerprint density at radius 1 is 1.29 bits per heavy atom. The van der Waals surface area contributed by atoms with Crippen LogP contribution >= 0.6 is 23.2 Å². The summed E-state index contributed by atoms with van der Waals surface area (Å²) in [6.07, 6.45) is 0.958. The van der Waals surface area contributed by atoms with E-state index in [-0.39, 0.29) is 6.04 Å². The molecule has 1 N–H and O–H groups in total. The molecule has 114 valence electrons. The number of nitrogens with zero attached hydrogens (tertiary/aromatic N) is 2. The van der Waals surface area contributed by atoms with Gasteiger partial charge >= 0.3 is 0 Å². The topological polar surface area (TPSA) is 29.9 Å². The molecule has 2 aromatic rings. The quantitative estimate of drug-likeness (QED) is 0.871. The van der Waals surface area contributed by atoms with E-state index in [2.05, 4.69) is 24.3 Å². The maximum absolute atomic E-state index is 6.31. The zero-order chi connectivity index (χ0) is 15.6. The zero-order valence-corrected chi connectivity index (χ0v) is 14.4. The Bertz CT molecular complexity index is 635. The van der Waals surface area contributed by atoms with Crippen molar-refractivity contribution in [3.8, 4) is 0 Å². The van der Waals surface area contributed by atoms with Crippen LogP contribution in [0, 0.1) is 13.8 Å². The molecule has 21 heavy (non-hydrogen) atoms. The molecule has 0 radical (unpaired) electrons. The molecule has 0 spiro atoms. The number of hydrogen-bond donors (Lipinski definition) is 1. The van der Waals surface area contributed by atoms with Gasteiger partial charge in [-0.1, -0.05) is 36.2 Å². The lowest BCUT2D eigenvalue weighted by atomic mass is 10.0. The highest BCUT2D eigenvalue weighted by molar-refractivity contribution is 6.35. The van der Waals surface area contributed by atoms with Crippen molar-refractivity contribution < 1.29 is 0 Å². The van der Waals surface area contributed by atoms with Crippen LogP contribution in [0.15, 0.2) is 18.2 Å². The lowest BCUT2D eigenvalue weighted by Crippen LogP contribution is -2.21. The van der Waals surface area contributed by atoms with E-state index in [1.165, 1.54) is 11.3 Å². The van der Waals surface area contributed by atoms with Crippen LogP contribution in [0.25, 0.3) is 0 Å². The molecule has 1 heterocycles. The van der Waals surface area contributed by atoms with Crippen LogP contribution in [0.1, 0.15) is 41.9 Å². The fourth-order valence-electron chi connectivity index (χ4n) is 2.56. The maximum atomic E-state index is 6.31. The molecule has 0 saturated carbocycles. The number of aryl methyl sites for hydroxylation is 2. The van der Waals surface area contributed by atoms with Crippen molar-refractivity contribution in [3.63, 3.8) is 0 Å². The Kier molecular flexibility index (Phi) is 5.31. The van der Waals surface area contributed by atoms with Gasteiger partial charge in [-0.05, 0) is 38.0 Å². The van der Waals surface area contributed by atoms with E-state index >= 15 is 0 Å². The van der Waals surface area contributed by atoms with Crippen molar-refractivity contribution in [2.45, 2.75) is 39.8 Å². The fourth-order valence-corrected chi connectivity index (χ4v) is 3.10. The van der Waals surface area contributed by atoms with E-state index < -0.39 is 0 Å². The summed E-state index contributed by atoms with van der Waals surface area (Å²) in [7, 11) is 1.97. The van der Waals surface area contributed by atoms with Crippen molar-refractivity contribution >= 4 is 23.2 Å². The summed E-state index contributed by atoms with van der Waals surface area (Å²) < 4.78 is 1.92. The number of aromatic nitrogens is 2. The predicted octanol–water partition coefficient (Wildman–Crippen LogP) is 4.58. The van der Waals surface area contributed by atoms with Gasteiger partial charge in [0.05, 0.1) is 5.69 Å². The summed E-state index contributed by atoms with van der Waals surface area (Å²) in [6.45, 7) is 7.06. The van der Waals surface area contributed by atoms with Crippen molar-refractivity contribution in [2.75, 3.05) is 0 Å². The third-order valence-corrected chi connectivity index (χ3v) is 4.49. The second kappa shape index (κ2) is 6.82. The van der Waals surface area contributed by atoms with Crippen molar-refractivity contribution in [2.24, 2.45) is 7.05 Å². The Morgan fingerprint density at radius 2 is 2.00 bits per heavy atom. The third kappa shape index (κ3) is 3.60. The van der Waals surface area contributed by atoms with E-state index in [0.717, 1.165) is 24.2 Å². The van der Waals surface area contributed by atoms with Gasteiger partial charge in [0.25, 0.3) is 0 Å². The monoisotopic (exact) mass is 325 g/mol. The lowest BCUT2D eigenvalue weighted by molar-refractivity contribution is 0.517. The molecule has 0 amide bonds. The van der Waals surface area contributed by atoms with Gasteiger partial charge in [-0.25, -0.2) is 0 Å². The van der Waals surface area contributed by atoms with Crippen molar-refractivity contribution in [3.05, 3.63) is 50.8 Å². The molecule has 1 atom stereocenters. The second-order valence-electron chi connectivity index (χ2n) is 5.28. The third-order valence-electron chi connectivity index (χ3n) is 3.93. The molecule has 0 aliphatic heterocycles. The molecule has 1 aromatic heterocycles. The van der Waals surface area contributed by atoms with Gasteiger partial charge in [-0.15, -0.1) is 0 Å². The van der Waals surface area contributed by atoms with E-state index in [4.69, 9.17) is 23.2 Å². The van der Waals surface area contributed by atoms with Crippen LogP contribution < -0.4 is 5.32 Å². The molecule has 0 aliphatic rings. The van der Waals surface area contributed by atoms with Gasteiger partial charge in [0.1, 0.15) is 0 Å². The minimum absolute atomic E-state index is 0.203. The van der Waals surface area contributed by atoms with Gasteiger partial charge in [0.2, 0.25) is 0 Å². The highest BCUT2D eigenvalue weighted by Gasteiger charge is 2.15. The molecule has 1 aromatic carbocycles. The molecule has 2 rings (SSSR count). The smallest absolute Gasteiger partial charge is 0.0641 e. The van der Waals surface area contributed by atoms with Gasteiger partial charge in [0.15, 0.2) is 0 Å². The van der Waals surface area contributed by atoms with Crippen LogP contribution in [-0.4, -0.2) is 9.78 Å². The molecule has 0 aliphatic carbocycles. The number of benzene rings is 1. The van der Waals surface area contributed by atoms with E-state index in [1.54, 1.807) is 6.07 Å². The van der Waals surface area contributed by atoms with Crippen molar-refractivity contribution in [1.82, 2.24) is 15.1 Å². The highest BCUT2D eigenvalue weighted by Crippen LogP contribution is 2.28. The van der Waals surface area contributed by atoms with Crippen LogP contribution in [0.5, 0.6) is 0 Å². The summed E-state index contributed by atoms with van der Waals surface area (Å²) >= 11 is 12.3. The molecule has 3 nitrogen and oxygen atoms in total. The Labute approximate surface area is 136 Å². The fraction of sp³-hybridized carbons (Fsp3) is 0.438. The summed E-state index contributed by atoms with van der Waals surface area (Å²) in [5, 5.41) is 9.40. The Hall–Kier alpha value is -1.03. The number of rotatable bonds is 5. The standard InChI is InChI=1S/C16H21Cl2N3/c1-5-16(13-7-6-12(17)8-15(13)18)19-9-14-10(2)20-21(4)11(14)3/h6-8,16,19H,5,9H2,1-4H3. The van der Waals surface area contributed by atoms with Crippen LogP contribution in [0.2, 0.25) is 10.0 Å². The first-order chi connectivity index (χ1) is 9.93. The molecule has 5 heteroatoms. The van der Waals surface area contributed by atoms with Crippen LogP contribution in [-0.2, 0) is 13.6 Å². The normalized spacial score (nSPS) is 12.7. The lowest BCUT2D eigenvalue weighted by Gasteiger charge is -2.19. The number of hydrogen-bond acceptors (Lipinski definition) is 2. The molecule has 0 fully saturated rings. The van der Waals surface area contributed by atoms with Crippen LogP contribution in [0.3, 0.4) is 0 Å². The number of halogens is 2. The summed E-state index contributed by atoms with van der Waals surface area (Å²) in [6, 6.07) is 5.88. The molecular formula is C16H21Cl2N3. The molecular weight excluding hydrogens is 305 g/mol. The maximum Gasteiger partial charge on any atom is 0.0641 e. The Balaban J connectivity index is 2.16. The minimum atomic E-state index is 0.203. The predicted molar refractivity (Wildman–Crippen MR) is 89.0 cm³/mol. The first kappa shape index (κ1) is 16.3. The van der Waals surface area contributed by atoms with E-state index in [0.29, 0.717) is 10.0 Å². The zero-order valence-electron chi connectivity index (χ0n) is 12.9. The van der Waals surface area contributed by atoms with Gasteiger partial charge in [-0.3, -0.25) is 4.68 Å². The minimum Gasteiger partial charge on any atom is -0.306 e. The average Bonchev–Trinajstić information content (AvgIpc) is 2.67. The molecule has 1 unspecified atom stereocenters. The van der Waals surface area contributed by atoms with Gasteiger partial charge < -0.3 is 5.32 Å². The second-order valence-corrected chi connectivity index (χ2v) is 6.12. The summed E-state index contributed by atoms with van der Waals surface area (Å²) in [5.74, 6) is 0. The average molecular weight is 326 g/mol. The van der Waals surface area contributed by atoms with Crippen LogP contribution in [0.4, 0.5) is 0 Å². The van der Waals surface area contributed by atoms with E-state index in [1.807, 2.05) is 30.8 Å². The molecule has 0 bridgehead atoms. The first-order valence-electron chi connectivity index (χ1n) is 7.11. The van der Waals surface area contributed by atoms with Gasteiger partial charge in [0, 0.05) is 40.9 Å². The summed E-state index contributed by atoms with van der Waals surface area (Å²) in [4.78, 5) is 0. The molecule has 0 saturated heterocycles. The largest absolute Gasteiger partial charge is 0.306 e.